The molecule has 0 N–H and O–H groups in total. The minimum atomic E-state index is -0.286. The quantitative estimate of drug-likeness (QED) is 0.776. The Balaban J connectivity index is 2.93. The third-order valence-corrected chi connectivity index (χ3v) is 2.04. The molecular weight excluding hydrogens is 267 g/mol. The van der Waals surface area contributed by atoms with Crippen LogP contribution >= 0.6 is 23.0 Å². The minimum absolute atomic E-state index is 0.286. The summed E-state index contributed by atoms with van der Waals surface area (Å²) < 4.78 is 4.57. The highest BCUT2D eigenvalue weighted by molar-refractivity contribution is 14.1. The Kier molecular flexibility index (Phi) is 3.52. The van der Waals surface area contributed by atoms with Gasteiger partial charge >= 0.3 is 5.97 Å². The van der Waals surface area contributed by atoms with Gasteiger partial charge in [0.2, 0.25) is 0 Å². The van der Waals surface area contributed by atoms with Crippen molar-refractivity contribution in [2.75, 3.05) is 0 Å². The number of benzene rings is 1. The van der Waals surface area contributed by atoms with Gasteiger partial charge in [-0.3, -0.25) is 0 Å². The number of hydrogen-bond acceptors (Lipinski definition) is 2. The molecule has 0 fully saturated rings. The summed E-state index contributed by atoms with van der Waals surface area (Å²) in [6.07, 6.45) is 0.933. The lowest BCUT2D eigenvalue weighted by Gasteiger charge is -1.99. The van der Waals surface area contributed by atoms with Crippen molar-refractivity contribution in [2.24, 2.45) is 0 Å². The molecule has 0 saturated carbocycles. The number of carbonyl (C=O) groups excluding carboxylic acids is 1. The average Bonchev–Trinajstić information content (AvgIpc) is 2.17. The molecule has 0 aliphatic heterocycles. The van der Waals surface area contributed by atoms with Crippen LogP contribution < -0.4 is 0 Å². The Bertz CT molecular complexity index is 284. The molecule has 0 spiro atoms. The van der Waals surface area contributed by atoms with Gasteiger partial charge in [-0.1, -0.05) is 19.1 Å². The van der Waals surface area contributed by atoms with E-state index in [0.29, 0.717) is 5.56 Å². The first-order valence-electron chi connectivity index (χ1n) is 3.69. The van der Waals surface area contributed by atoms with Crippen LogP contribution in [-0.4, -0.2) is 5.97 Å². The first-order valence-corrected chi connectivity index (χ1v) is 4.58. The van der Waals surface area contributed by atoms with Gasteiger partial charge in [-0.15, -0.1) is 0 Å². The predicted octanol–water partition coefficient (Wildman–Crippen LogP) is 2.76. The molecule has 2 nitrogen and oxygen atoms in total. The summed E-state index contributed by atoms with van der Waals surface area (Å²) in [4.78, 5) is 11.1. The Hall–Kier alpha value is -0.580. The molecule has 0 aliphatic rings. The van der Waals surface area contributed by atoms with Crippen LogP contribution in [0.1, 0.15) is 22.8 Å². The van der Waals surface area contributed by atoms with Crippen LogP contribution in [0.2, 0.25) is 0 Å². The van der Waals surface area contributed by atoms with Gasteiger partial charge in [-0.05, 0) is 24.1 Å². The summed E-state index contributed by atoms with van der Waals surface area (Å²) in [5.41, 5.74) is 1.76. The van der Waals surface area contributed by atoms with E-state index >= 15 is 0 Å². The number of carbonyl (C=O) groups is 1. The van der Waals surface area contributed by atoms with E-state index in [-0.39, 0.29) is 5.97 Å². The standard InChI is InChI=1S/C9H9IO2/c1-2-7-4-3-5-8(6-7)9(11)12-10/h3-6H,2H2,1H3. The topological polar surface area (TPSA) is 26.3 Å². The van der Waals surface area contributed by atoms with Crippen molar-refractivity contribution in [1.82, 2.24) is 0 Å². The molecule has 0 heterocycles. The maximum atomic E-state index is 11.1. The minimum Gasteiger partial charge on any atom is -0.391 e. The fraction of sp³-hybridized carbons (Fsp3) is 0.222. The van der Waals surface area contributed by atoms with E-state index in [2.05, 4.69) is 9.99 Å². The molecule has 0 radical (unpaired) electrons. The van der Waals surface area contributed by atoms with Crippen LogP contribution in [0, 0.1) is 0 Å². The zero-order valence-corrected chi connectivity index (χ0v) is 8.87. The first kappa shape index (κ1) is 9.51. The van der Waals surface area contributed by atoms with Gasteiger partial charge in [-0.25, -0.2) is 4.79 Å². The highest BCUT2D eigenvalue weighted by Gasteiger charge is 2.04. The third kappa shape index (κ3) is 2.20. The van der Waals surface area contributed by atoms with Crippen molar-refractivity contribution >= 4 is 29.0 Å². The van der Waals surface area contributed by atoms with E-state index in [1.165, 1.54) is 0 Å². The number of hydrogen-bond donors (Lipinski definition) is 0. The van der Waals surface area contributed by atoms with Crippen LogP contribution in [0.5, 0.6) is 0 Å². The zero-order valence-electron chi connectivity index (χ0n) is 6.71. The number of rotatable bonds is 2. The van der Waals surface area contributed by atoms with Crippen molar-refractivity contribution < 1.29 is 7.86 Å². The SMILES string of the molecule is CCc1cccc(C(=O)OI)c1. The van der Waals surface area contributed by atoms with E-state index in [1.807, 2.05) is 18.2 Å². The molecule has 1 rings (SSSR count). The van der Waals surface area contributed by atoms with E-state index in [4.69, 9.17) is 0 Å². The molecule has 0 atom stereocenters. The van der Waals surface area contributed by atoms with E-state index in [1.54, 1.807) is 29.1 Å². The predicted molar refractivity (Wildman–Crippen MR) is 55.3 cm³/mol. The molecule has 0 amide bonds. The van der Waals surface area contributed by atoms with Crippen molar-refractivity contribution in [3.05, 3.63) is 35.4 Å². The molecule has 64 valence electrons. The van der Waals surface area contributed by atoms with Crippen molar-refractivity contribution in [3.8, 4) is 0 Å². The molecule has 1 aromatic carbocycles. The second kappa shape index (κ2) is 4.45. The van der Waals surface area contributed by atoms with Gasteiger partial charge in [0.05, 0.1) is 5.56 Å². The Labute approximate surface area is 85.6 Å². The normalized spacial score (nSPS) is 9.50. The summed E-state index contributed by atoms with van der Waals surface area (Å²) in [5, 5.41) is 0. The molecule has 0 saturated heterocycles. The van der Waals surface area contributed by atoms with Crippen LogP contribution in [0.4, 0.5) is 0 Å². The fourth-order valence-corrected chi connectivity index (χ4v) is 1.22. The van der Waals surface area contributed by atoms with E-state index in [0.717, 1.165) is 12.0 Å². The van der Waals surface area contributed by atoms with Gasteiger partial charge in [-0.2, -0.15) is 0 Å². The Morgan fingerprint density at radius 3 is 2.92 bits per heavy atom. The monoisotopic (exact) mass is 276 g/mol. The molecule has 1 aromatic rings. The fourth-order valence-electron chi connectivity index (χ4n) is 0.963. The first-order chi connectivity index (χ1) is 5.77. The molecular formula is C9H9IO2. The lowest BCUT2D eigenvalue weighted by molar-refractivity contribution is 0.0800. The number of aryl methyl sites for hydroxylation is 1. The van der Waals surface area contributed by atoms with E-state index < -0.39 is 0 Å². The Morgan fingerprint density at radius 2 is 2.33 bits per heavy atom. The summed E-state index contributed by atoms with van der Waals surface area (Å²) in [6, 6.07) is 7.45. The third-order valence-electron chi connectivity index (χ3n) is 1.64. The zero-order chi connectivity index (χ0) is 8.97. The molecule has 12 heavy (non-hydrogen) atoms. The second-order valence-corrected chi connectivity index (χ2v) is 2.86. The molecule has 0 bridgehead atoms. The summed E-state index contributed by atoms with van der Waals surface area (Å²) in [6.45, 7) is 2.05. The lowest BCUT2D eigenvalue weighted by Crippen LogP contribution is -1.97. The molecule has 0 aliphatic carbocycles. The maximum absolute atomic E-state index is 11.1. The molecule has 0 aromatic heterocycles. The average molecular weight is 276 g/mol. The van der Waals surface area contributed by atoms with Crippen molar-refractivity contribution in [3.63, 3.8) is 0 Å². The van der Waals surface area contributed by atoms with Crippen LogP contribution in [0.3, 0.4) is 0 Å². The summed E-state index contributed by atoms with van der Waals surface area (Å²) in [5.74, 6) is -0.286. The molecule has 3 heteroatoms. The lowest BCUT2D eigenvalue weighted by atomic mass is 10.1. The maximum Gasteiger partial charge on any atom is 0.347 e. The van der Waals surface area contributed by atoms with Crippen LogP contribution in [-0.2, 0) is 9.49 Å². The van der Waals surface area contributed by atoms with Crippen LogP contribution in [0.25, 0.3) is 0 Å². The largest absolute Gasteiger partial charge is 0.391 e. The van der Waals surface area contributed by atoms with Gasteiger partial charge in [0.25, 0.3) is 0 Å². The van der Waals surface area contributed by atoms with Crippen molar-refractivity contribution in [1.29, 1.82) is 0 Å². The van der Waals surface area contributed by atoms with Gasteiger partial charge in [0.1, 0.15) is 0 Å². The van der Waals surface area contributed by atoms with Gasteiger partial charge in [0.15, 0.2) is 23.0 Å². The number of halogens is 1. The summed E-state index contributed by atoms with van der Waals surface area (Å²) >= 11 is 1.59. The van der Waals surface area contributed by atoms with Gasteiger partial charge in [0, 0.05) is 0 Å². The smallest absolute Gasteiger partial charge is 0.347 e. The highest BCUT2D eigenvalue weighted by atomic mass is 127. The summed E-state index contributed by atoms with van der Waals surface area (Å²) in [7, 11) is 0. The van der Waals surface area contributed by atoms with Crippen molar-refractivity contribution in [2.45, 2.75) is 13.3 Å². The van der Waals surface area contributed by atoms with E-state index in [9.17, 15) is 4.79 Å². The Morgan fingerprint density at radius 1 is 1.58 bits per heavy atom. The second-order valence-electron chi connectivity index (χ2n) is 2.42. The van der Waals surface area contributed by atoms with Gasteiger partial charge < -0.3 is 3.07 Å². The highest BCUT2D eigenvalue weighted by Crippen LogP contribution is 2.08. The molecule has 0 unspecified atom stereocenters. The van der Waals surface area contributed by atoms with Crippen LogP contribution in [0.15, 0.2) is 24.3 Å².